The van der Waals surface area contributed by atoms with E-state index in [4.69, 9.17) is 4.74 Å². The van der Waals surface area contributed by atoms with Gasteiger partial charge in [0.2, 0.25) is 5.91 Å². The van der Waals surface area contributed by atoms with Crippen LogP contribution in [0.25, 0.3) is 0 Å². The molecule has 0 radical (unpaired) electrons. The van der Waals surface area contributed by atoms with Crippen LogP contribution in [0.5, 0.6) is 5.75 Å². The van der Waals surface area contributed by atoms with E-state index in [0.29, 0.717) is 19.4 Å². The summed E-state index contributed by atoms with van der Waals surface area (Å²) in [6.07, 6.45) is 0.0168. The van der Waals surface area contributed by atoms with E-state index in [1.54, 1.807) is 7.11 Å². The molecule has 0 aliphatic carbocycles. The second-order valence-corrected chi connectivity index (χ2v) is 11.4. The summed E-state index contributed by atoms with van der Waals surface area (Å²) in [6, 6.07) is 16.5. The van der Waals surface area contributed by atoms with Gasteiger partial charge < -0.3 is 20.5 Å². The van der Waals surface area contributed by atoms with Crippen LogP contribution in [0, 0.1) is 5.92 Å². The predicted octanol–water partition coefficient (Wildman–Crippen LogP) is 2.89. The highest BCUT2D eigenvalue weighted by atomic mass is 32.2. The lowest BCUT2D eigenvalue weighted by Gasteiger charge is -2.25. The fourth-order valence-corrected chi connectivity index (χ4v) is 5.17. The van der Waals surface area contributed by atoms with Gasteiger partial charge in [-0.05, 0) is 42.0 Å². The first kappa shape index (κ1) is 28.6. The van der Waals surface area contributed by atoms with E-state index in [9.17, 15) is 18.3 Å². The fourth-order valence-electron chi connectivity index (χ4n) is 3.53. The molecule has 0 spiro atoms. The summed E-state index contributed by atoms with van der Waals surface area (Å²) >= 11 is 0. The number of carbonyl (C=O) groups excluding carboxylic acids is 1. The Morgan fingerprint density at radius 3 is 2.43 bits per heavy atom. The number of hydrogen-bond donors (Lipinski definition) is 3. The van der Waals surface area contributed by atoms with E-state index in [1.807, 2.05) is 68.4 Å². The van der Waals surface area contributed by atoms with Gasteiger partial charge in [0.1, 0.15) is 5.75 Å². The second kappa shape index (κ2) is 14.0. The van der Waals surface area contributed by atoms with Gasteiger partial charge in [-0.25, -0.2) is 8.42 Å². The first-order valence-electron chi connectivity index (χ1n) is 11.8. The van der Waals surface area contributed by atoms with Crippen molar-refractivity contribution in [1.82, 2.24) is 10.6 Å². The van der Waals surface area contributed by atoms with E-state index in [2.05, 4.69) is 17.2 Å². The van der Waals surface area contributed by atoms with E-state index >= 15 is 0 Å². The van der Waals surface area contributed by atoms with E-state index in [0.717, 1.165) is 16.9 Å². The highest BCUT2D eigenvalue weighted by molar-refractivity contribution is 7.91. The van der Waals surface area contributed by atoms with Crippen LogP contribution in [0.15, 0.2) is 66.7 Å². The predicted molar refractivity (Wildman–Crippen MR) is 140 cm³/mol. The first-order valence-corrected chi connectivity index (χ1v) is 13.7. The molecule has 1 amide bonds. The van der Waals surface area contributed by atoms with Crippen LogP contribution in [0.4, 0.5) is 0 Å². The van der Waals surface area contributed by atoms with Gasteiger partial charge in [-0.3, -0.25) is 4.79 Å². The van der Waals surface area contributed by atoms with Crippen LogP contribution in [0.3, 0.4) is 0 Å². The quantitative estimate of drug-likeness (QED) is 0.324. The van der Waals surface area contributed by atoms with Crippen molar-refractivity contribution in [2.75, 3.05) is 25.2 Å². The molecule has 0 bridgehead atoms. The van der Waals surface area contributed by atoms with E-state index in [-0.39, 0.29) is 23.8 Å². The molecule has 0 unspecified atom stereocenters. The number of methoxy groups -OCH3 is 1. The van der Waals surface area contributed by atoms with Crippen LogP contribution in [0.2, 0.25) is 0 Å². The van der Waals surface area contributed by atoms with Gasteiger partial charge in [-0.15, -0.1) is 0 Å². The summed E-state index contributed by atoms with van der Waals surface area (Å²) < 4.78 is 30.0. The van der Waals surface area contributed by atoms with Gasteiger partial charge in [0, 0.05) is 18.7 Å². The Morgan fingerprint density at radius 2 is 1.77 bits per heavy atom. The number of sulfone groups is 1. The monoisotopic (exact) mass is 502 g/mol. The Bertz CT molecular complexity index is 1050. The molecule has 0 aromatic heterocycles. The maximum absolute atomic E-state index is 12.8. The first-order chi connectivity index (χ1) is 16.6. The molecule has 192 valence electrons. The summed E-state index contributed by atoms with van der Waals surface area (Å²) in [7, 11) is -1.82. The van der Waals surface area contributed by atoms with Crippen molar-refractivity contribution in [2.45, 2.75) is 45.4 Å². The van der Waals surface area contributed by atoms with Crippen LogP contribution >= 0.6 is 0 Å². The smallest absolute Gasteiger partial charge is 0.247 e. The highest BCUT2D eigenvalue weighted by Crippen LogP contribution is 2.13. The zero-order valence-electron chi connectivity index (χ0n) is 20.9. The van der Waals surface area contributed by atoms with Crippen molar-refractivity contribution in [1.29, 1.82) is 0 Å². The molecule has 0 saturated heterocycles. The number of benzene rings is 2. The SMILES string of the molecule is C=C(CS(=O)(=O)CCC(C)C)C(=O)N[C@@H](Cc1ccccc1)[C@@H](O)CNCc1cccc(OC)c1. The number of rotatable bonds is 15. The van der Waals surface area contributed by atoms with Crippen molar-refractivity contribution in [3.63, 3.8) is 0 Å². The largest absolute Gasteiger partial charge is 0.497 e. The van der Waals surface area contributed by atoms with Crippen LogP contribution in [-0.4, -0.2) is 56.7 Å². The molecule has 3 N–H and O–H groups in total. The molecule has 35 heavy (non-hydrogen) atoms. The fraction of sp³-hybridized carbons (Fsp3) is 0.444. The van der Waals surface area contributed by atoms with Gasteiger partial charge >= 0.3 is 0 Å². The Labute approximate surface area is 209 Å². The average Bonchev–Trinajstić information content (AvgIpc) is 2.82. The summed E-state index contributed by atoms with van der Waals surface area (Å²) in [5, 5.41) is 16.9. The van der Waals surface area contributed by atoms with Crippen molar-refractivity contribution in [3.05, 3.63) is 77.9 Å². The molecule has 2 aromatic carbocycles. The summed E-state index contributed by atoms with van der Waals surface area (Å²) in [6.45, 7) is 8.36. The van der Waals surface area contributed by atoms with Gasteiger partial charge in [0.05, 0.1) is 30.8 Å². The Kier molecular flexibility index (Phi) is 11.4. The van der Waals surface area contributed by atoms with Crippen molar-refractivity contribution < 1.29 is 23.1 Å². The molecular weight excluding hydrogens is 464 g/mol. The normalized spacial score (nSPS) is 13.3. The molecule has 0 fully saturated rings. The zero-order chi connectivity index (χ0) is 25.8. The van der Waals surface area contributed by atoms with Crippen molar-refractivity contribution >= 4 is 15.7 Å². The molecule has 2 rings (SSSR count). The zero-order valence-corrected chi connectivity index (χ0v) is 21.7. The molecule has 0 aliphatic heterocycles. The third kappa shape index (κ3) is 10.6. The minimum absolute atomic E-state index is 0.0151. The molecule has 2 aromatic rings. The number of hydrogen-bond acceptors (Lipinski definition) is 6. The molecule has 0 aliphatic rings. The topological polar surface area (TPSA) is 105 Å². The summed E-state index contributed by atoms with van der Waals surface area (Å²) in [5.41, 5.74) is 1.92. The third-order valence-corrected chi connectivity index (χ3v) is 7.26. The standard InChI is InChI=1S/C27H38N2O5S/c1-20(2)13-14-35(32,33)19-21(3)27(31)29-25(16-22-9-6-5-7-10-22)26(30)18-28-17-23-11-8-12-24(15-23)34-4/h5-12,15,20,25-26,28,30H,3,13-14,16-19H2,1-2,4H3,(H,29,31)/t25-,26-/m0/s1. The van der Waals surface area contributed by atoms with Crippen molar-refractivity contribution in [2.24, 2.45) is 5.92 Å². The Balaban J connectivity index is 2.01. The maximum atomic E-state index is 12.8. The van der Waals surface area contributed by atoms with Crippen LogP contribution in [0.1, 0.15) is 31.4 Å². The van der Waals surface area contributed by atoms with Crippen LogP contribution < -0.4 is 15.4 Å². The van der Waals surface area contributed by atoms with E-state index in [1.165, 1.54) is 0 Å². The lowest BCUT2D eigenvalue weighted by Crippen LogP contribution is -2.49. The second-order valence-electron chi connectivity index (χ2n) is 9.20. The third-order valence-electron chi connectivity index (χ3n) is 5.62. The Morgan fingerprint density at radius 1 is 1.09 bits per heavy atom. The van der Waals surface area contributed by atoms with Gasteiger partial charge in [0.25, 0.3) is 0 Å². The lowest BCUT2D eigenvalue weighted by atomic mass is 10.0. The summed E-state index contributed by atoms with van der Waals surface area (Å²) in [5.74, 6) is 0.0585. The number of aliphatic hydroxyl groups is 1. The van der Waals surface area contributed by atoms with Gasteiger partial charge in [0.15, 0.2) is 9.84 Å². The lowest BCUT2D eigenvalue weighted by molar-refractivity contribution is -0.118. The average molecular weight is 503 g/mol. The van der Waals surface area contributed by atoms with E-state index < -0.39 is 33.6 Å². The van der Waals surface area contributed by atoms with Crippen molar-refractivity contribution in [3.8, 4) is 5.75 Å². The maximum Gasteiger partial charge on any atom is 0.247 e. The molecular formula is C27H38N2O5S. The molecule has 0 saturated carbocycles. The number of ether oxygens (including phenoxy) is 1. The molecule has 7 nitrogen and oxygen atoms in total. The highest BCUT2D eigenvalue weighted by Gasteiger charge is 2.25. The summed E-state index contributed by atoms with van der Waals surface area (Å²) in [4.78, 5) is 12.8. The Hall–Kier alpha value is -2.68. The minimum atomic E-state index is -3.43. The number of aliphatic hydroxyl groups excluding tert-OH is 1. The molecule has 2 atom stereocenters. The minimum Gasteiger partial charge on any atom is -0.497 e. The number of amides is 1. The number of carbonyl (C=O) groups is 1. The number of nitrogens with one attached hydrogen (secondary N) is 2. The van der Waals surface area contributed by atoms with Gasteiger partial charge in [-0.1, -0.05) is 62.9 Å². The van der Waals surface area contributed by atoms with Crippen LogP contribution in [-0.2, 0) is 27.6 Å². The molecule has 0 heterocycles. The molecule has 8 heteroatoms. The van der Waals surface area contributed by atoms with Gasteiger partial charge in [-0.2, -0.15) is 0 Å².